The maximum atomic E-state index is 12.0. The topological polar surface area (TPSA) is 72.9 Å². The van der Waals surface area contributed by atoms with Crippen molar-refractivity contribution in [2.75, 3.05) is 27.3 Å². The molecule has 7 heteroatoms. The van der Waals surface area contributed by atoms with Gasteiger partial charge in [0.25, 0.3) is 0 Å². The van der Waals surface area contributed by atoms with Gasteiger partial charge in [0, 0.05) is 14.1 Å². The minimum absolute atomic E-state index is 0.102. The van der Waals surface area contributed by atoms with Crippen LogP contribution in [0.1, 0.15) is 15.9 Å². The molecule has 0 atom stereocenters. The van der Waals surface area contributed by atoms with Crippen molar-refractivity contribution < 1.29 is 22.7 Å². The van der Waals surface area contributed by atoms with Gasteiger partial charge in [-0.2, -0.15) is 0 Å². The van der Waals surface area contributed by atoms with Crippen LogP contribution in [0.15, 0.2) is 53.4 Å². The third-order valence-electron chi connectivity index (χ3n) is 3.44. The molecule has 0 bridgehead atoms. The van der Waals surface area contributed by atoms with Crippen LogP contribution in [0.4, 0.5) is 0 Å². The van der Waals surface area contributed by atoms with Crippen molar-refractivity contribution in [3.8, 4) is 5.75 Å². The number of esters is 1. The van der Waals surface area contributed by atoms with E-state index in [1.54, 1.807) is 0 Å². The Bertz CT molecular complexity index is 829. The van der Waals surface area contributed by atoms with Gasteiger partial charge >= 0.3 is 5.97 Å². The molecule has 6 nitrogen and oxygen atoms in total. The lowest BCUT2D eigenvalue weighted by Crippen LogP contribution is -2.22. The van der Waals surface area contributed by atoms with Crippen molar-refractivity contribution in [3.63, 3.8) is 0 Å². The normalized spacial score (nSPS) is 11.4. The molecule has 0 heterocycles. The van der Waals surface area contributed by atoms with Crippen molar-refractivity contribution in [2.24, 2.45) is 0 Å². The summed E-state index contributed by atoms with van der Waals surface area (Å²) in [6, 6.07) is 13.2. The molecule has 0 unspecified atom stereocenters. The zero-order valence-corrected chi connectivity index (χ0v) is 15.2. The molecule has 134 valence electrons. The molecule has 2 rings (SSSR count). The maximum absolute atomic E-state index is 12.0. The number of carbonyl (C=O) groups is 1. The molecule has 0 amide bonds. The summed E-state index contributed by atoms with van der Waals surface area (Å²) in [6.07, 6.45) is 0. The predicted octanol–water partition coefficient (Wildman–Crippen LogP) is 2.48. The van der Waals surface area contributed by atoms with E-state index in [0.29, 0.717) is 5.75 Å². The molecular weight excluding hydrogens is 342 g/mol. The molecule has 0 fully saturated rings. The van der Waals surface area contributed by atoms with Gasteiger partial charge in [0.2, 0.25) is 10.0 Å². The van der Waals surface area contributed by atoms with Crippen LogP contribution >= 0.6 is 0 Å². The van der Waals surface area contributed by atoms with Crippen LogP contribution in [-0.4, -0.2) is 46.0 Å². The Balaban J connectivity index is 1.87. The maximum Gasteiger partial charge on any atom is 0.338 e. The molecule has 0 spiro atoms. The molecule has 0 aliphatic heterocycles. The Kier molecular flexibility index (Phi) is 6.17. The predicted molar refractivity (Wildman–Crippen MR) is 94.3 cm³/mol. The molecule has 0 aromatic heterocycles. The molecule has 25 heavy (non-hydrogen) atoms. The third-order valence-corrected chi connectivity index (χ3v) is 5.27. The monoisotopic (exact) mass is 363 g/mol. The van der Waals surface area contributed by atoms with E-state index >= 15 is 0 Å². The molecule has 0 N–H and O–H groups in total. The summed E-state index contributed by atoms with van der Waals surface area (Å²) in [6.45, 7) is 2.31. The van der Waals surface area contributed by atoms with Gasteiger partial charge in [-0.05, 0) is 48.9 Å². The highest BCUT2D eigenvalue weighted by Gasteiger charge is 2.17. The smallest absolute Gasteiger partial charge is 0.338 e. The van der Waals surface area contributed by atoms with E-state index in [-0.39, 0.29) is 23.7 Å². The van der Waals surface area contributed by atoms with E-state index in [2.05, 4.69) is 0 Å². The fourth-order valence-corrected chi connectivity index (χ4v) is 2.96. The summed E-state index contributed by atoms with van der Waals surface area (Å²) in [7, 11) is -0.613. The quantitative estimate of drug-likeness (QED) is 0.558. The van der Waals surface area contributed by atoms with Crippen molar-refractivity contribution in [3.05, 3.63) is 59.7 Å². The SMILES string of the molecule is Cc1cccc(OCCOC(=O)c2ccc(S(=O)(=O)N(C)C)cc2)c1. The number of aryl methyl sites for hydroxylation is 1. The molecule has 0 saturated heterocycles. The van der Waals surface area contributed by atoms with E-state index in [9.17, 15) is 13.2 Å². The fraction of sp³-hybridized carbons (Fsp3) is 0.278. The van der Waals surface area contributed by atoms with Crippen molar-refractivity contribution in [1.82, 2.24) is 4.31 Å². The average Bonchev–Trinajstić information content (AvgIpc) is 2.58. The second-order valence-corrected chi connectivity index (χ2v) is 7.76. The van der Waals surface area contributed by atoms with Gasteiger partial charge in [-0.25, -0.2) is 17.5 Å². The average molecular weight is 363 g/mol. The van der Waals surface area contributed by atoms with Gasteiger partial charge in [0.15, 0.2) is 0 Å². The van der Waals surface area contributed by atoms with Gasteiger partial charge < -0.3 is 9.47 Å². The van der Waals surface area contributed by atoms with Gasteiger partial charge in [-0.1, -0.05) is 12.1 Å². The van der Waals surface area contributed by atoms with Crippen LogP contribution in [-0.2, 0) is 14.8 Å². The summed E-state index contributed by atoms with van der Waals surface area (Å²) in [5.74, 6) is 0.191. The van der Waals surface area contributed by atoms with Crippen molar-refractivity contribution in [2.45, 2.75) is 11.8 Å². The van der Waals surface area contributed by atoms with Crippen molar-refractivity contribution in [1.29, 1.82) is 0 Å². The van der Waals surface area contributed by atoms with Gasteiger partial charge in [-0.15, -0.1) is 0 Å². The summed E-state index contributed by atoms with van der Waals surface area (Å²) in [5.41, 5.74) is 1.37. The number of nitrogens with zero attached hydrogens (tertiary/aromatic N) is 1. The first-order valence-corrected chi connectivity index (χ1v) is 9.14. The summed E-state index contributed by atoms with van der Waals surface area (Å²) in [5, 5.41) is 0. The number of hydrogen-bond donors (Lipinski definition) is 0. The first-order valence-electron chi connectivity index (χ1n) is 7.70. The number of sulfonamides is 1. The Morgan fingerprint density at radius 1 is 1.04 bits per heavy atom. The van der Waals surface area contributed by atoms with Crippen molar-refractivity contribution >= 4 is 16.0 Å². The van der Waals surface area contributed by atoms with Gasteiger partial charge in [0.05, 0.1) is 10.5 Å². The van der Waals surface area contributed by atoms with Crippen LogP contribution < -0.4 is 4.74 Å². The van der Waals surface area contributed by atoms with Crippen LogP contribution in [0.25, 0.3) is 0 Å². The Labute approximate surface area is 148 Å². The fourth-order valence-electron chi connectivity index (χ4n) is 2.06. The van der Waals surface area contributed by atoms with Gasteiger partial charge in [-0.3, -0.25) is 0 Å². The molecule has 0 aliphatic carbocycles. The second kappa shape index (κ2) is 8.13. The third kappa shape index (κ3) is 5.04. The first-order chi connectivity index (χ1) is 11.8. The summed E-state index contributed by atoms with van der Waals surface area (Å²) in [4.78, 5) is 12.1. The molecule has 0 aliphatic rings. The summed E-state index contributed by atoms with van der Waals surface area (Å²) < 4.78 is 35.7. The molecular formula is C18H21NO5S. The molecule has 2 aromatic carbocycles. The minimum atomic E-state index is -3.51. The molecule has 0 radical (unpaired) electrons. The Morgan fingerprint density at radius 3 is 2.32 bits per heavy atom. The van der Waals surface area contributed by atoms with Crippen LogP contribution in [0, 0.1) is 6.92 Å². The zero-order chi connectivity index (χ0) is 18.4. The number of rotatable bonds is 7. The van der Waals surface area contributed by atoms with Crippen LogP contribution in [0.2, 0.25) is 0 Å². The number of benzene rings is 2. The standard InChI is InChI=1S/C18H21NO5S/c1-14-5-4-6-16(13-14)23-11-12-24-18(20)15-7-9-17(10-8-15)25(21,22)19(2)3/h4-10,13H,11-12H2,1-3H3. The second-order valence-electron chi connectivity index (χ2n) is 5.61. The van der Waals surface area contributed by atoms with E-state index in [1.807, 2.05) is 31.2 Å². The largest absolute Gasteiger partial charge is 0.490 e. The Hall–Kier alpha value is -2.38. The minimum Gasteiger partial charge on any atom is -0.490 e. The highest BCUT2D eigenvalue weighted by Crippen LogP contribution is 2.15. The van der Waals surface area contributed by atoms with Gasteiger partial charge in [0.1, 0.15) is 19.0 Å². The number of hydrogen-bond acceptors (Lipinski definition) is 5. The number of carbonyl (C=O) groups excluding carboxylic acids is 1. The Morgan fingerprint density at radius 2 is 1.72 bits per heavy atom. The van der Waals surface area contributed by atoms with E-state index < -0.39 is 16.0 Å². The highest BCUT2D eigenvalue weighted by molar-refractivity contribution is 7.89. The highest BCUT2D eigenvalue weighted by atomic mass is 32.2. The lowest BCUT2D eigenvalue weighted by Gasteiger charge is -2.11. The zero-order valence-electron chi connectivity index (χ0n) is 14.4. The molecule has 2 aromatic rings. The lowest BCUT2D eigenvalue weighted by atomic mass is 10.2. The summed E-state index contributed by atoms with van der Waals surface area (Å²) >= 11 is 0. The van der Waals surface area contributed by atoms with Crippen LogP contribution in [0.3, 0.4) is 0 Å². The number of ether oxygens (including phenoxy) is 2. The lowest BCUT2D eigenvalue weighted by molar-refractivity contribution is 0.0450. The molecule has 0 saturated carbocycles. The van der Waals surface area contributed by atoms with E-state index in [1.165, 1.54) is 38.4 Å². The van der Waals surface area contributed by atoms with E-state index in [4.69, 9.17) is 9.47 Å². The van der Waals surface area contributed by atoms with E-state index in [0.717, 1.165) is 9.87 Å². The van der Waals surface area contributed by atoms with Crippen LogP contribution in [0.5, 0.6) is 5.75 Å². The first kappa shape index (κ1) is 19.0.